The van der Waals surface area contributed by atoms with Crippen molar-refractivity contribution in [1.82, 2.24) is 25.1 Å². The molecule has 2 aromatic heterocycles. The van der Waals surface area contributed by atoms with Crippen LogP contribution in [0.15, 0.2) is 30.6 Å². The zero-order valence-corrected chi connectivity index (χ0v) is 21.4. The molecule has 1 aromatic carbocycles. The van der Waals surface area contributed by atoms with E-state index in [-0.39, 0.29) is 17.7 Å². The summed E-state index contributed by atoms with van der Waals surface area (Å²) in [5.74, 6) is 0. The summed E-state index contributed by atoms with van der Waals surface area (Å²) in [5.41, 5.74) is 7.87. The fourth-order valence-corrected chi connectivity index (χ4v) is 5.78. The third-order valence-electron chi connectivity index (χ3n) is 7.71. The lowest BCUT2D eigenvalue weighted by Crippen LogP contribution is -2.55. The van der Waals surface area contributed by atoms with Crippen LogP contribution in [0.1, 0.15) is 42.1 Å². The molecule has 2 N–H and O–H groups in total. The lowest BCUT2D eigenvalue weighted by Gasteiger charge is -2.42. The average molecular weight is 490 g/mol. The second-order valence-corrected chi connectivity index (χ2v) is 10.9. The van der Waals surface area contributed by atoms with E-state index in [0.29, 0.717) is 32.8 Å². The first kappa shape index (κ1) is 23.5. The third-order valence-corrected chi connectivity index (χ3v) is 7.71. The van der Waals surface area contributed by atoms with E-state index >= 15 is 0 Å². The van der Waals surface area contributed by atoms with Crippen LogP contribution >= 0.6 is 0 Å². The van der Waals surface area contributed by atoms with E-state index < -0.39 is 0 Å². The number of urea groups is 1. The number of carbonyl (C=O) groups is 1. The second-order valence-electron chi connectivity index (χ2n) is 10.9. The van der Waals surface area contributed by atoms with Gasteiger partial charge in [-0.05, 0) is 67.1 Å². The first-order chi connectivity index (χ1) is 17.4. The lowest BCUT2D eigenvalue weighted by molar-refractivity contribution is -0.0767. The smallest absolute Gasteiger partial charge is 0.320 e. The van der Waals surface area contributed by atoms with Crippen LogP contribution in [-0.2, 0) is 22.4 Å². The number of nitrogens with zero attached hydrogens (tertiary/aromatic N) is 3. The molecule has 0 aliphatic carbocycles. The molecule has 0 radical (unpaired) electrons. The summed E-state index contributed by atoms with van der Waals surface area (Å²) in [4.78, 5) is 25.4. The Morgan fingerprint density at radius 1 is 1.14 bits per heavy atom. The minimum absolute atomic E-state index is 0.107. The van der Waals surface area contributed by atoms with E-state index in [2.05, 4.69) is 40.4 Å². The Kier molecular flexibility index (Phi) is 5.98. The molecule has 8 nitrogen and oxygen atoms in total. The van der Waals surface area contributed by atoms with Gasteiger partial charge in [0.15, 0.2) is 0 Å². The number of ether oxygens (including phenoxy) is 2. The van der Waals surface area contributed by atoms with Crippen LogP contribution in [0.2, 0.25) is 0 Å². The van der Waals surface area contributed by atoms with Crippen molar-refractivity contribution in [3.63, 3.8) is 0 Å². The molecule has 0 bridgehead atoms. The quantitative estimate of drug-likeness (QED) is 0.572. The van der Waals surface area contributed by atoms with Gasteiger partial charge in [0.05, 0.1) is 38.0 Å². The van der Waals surface area contributed by atoms with Crippen LogP contribution in [0.5, 0.6) is 0 Å². The summed E-state index contributed by atoms with van der Waals surface area (Å²) in [7, 11) is 0. The topological polar surface area (TPSA) is 82.7 Å². The molecular formula is C28H35N5O3. The van der Waals surface area contributed by atoms with Crippen molar-refractivity contribution in [3.8, 4) is 11.1 Å². The third kappa shape index (κ3) is 4.38. The Morgan fingerprint density at radius 3 is 2.83 bits per heavy atom. The number of aryl methyl sites for hydroxylation is 1. The van der Waals surface area contributed by atoms with Crippen molar-refractivity contribution in [3.05, 3.63) is 52.8 Å². The van der Waals surface area contributed by atoms with Gasteiger partial charge < -0.3 is 29.6 Å². The number of benzene rings is 1. The van der Waals surface area contributed by atoms with Crippen molar-refractivity contribution in [2.24, 2.45) is 0 Å². The maximum absolute atomic E-state index is 13.5. The van der Waals surface area contributed by atoms with Gasteiger partial charge in [0.2, 0.25) is 0 Å². The van der Waals surface area contributed by atoms with Gasteiger partial charge in [-0.2, -0.15) is 0 Å². The predicted molar refractivity (Wildman–Crippen MR) is 139 cm³/mol. The molecule has 8 heteroatoms. The number of carbonyl (C=O) groups excluding carboxylic acids is 1. The number of nitrogens with one attached hydrogen (secondary N) is 2. The van der Waals surface area contributed by atoms with E-state index in [1.165, 1.54) is 27.8 Å². The van der Waals surface area contributed by atoms with Gasteiger partial charge in [0, 0.05) is 49.5 Å². The molecule has 1 unspecified atom stereocenters. The molecule has 190 valence electrons. The van der Waals surface area contributed by atoms with Crippen molar-refractivity contribution in [2.75, 3.05) is 46.0 Å². The second kappa shape index (κ2) is 9.18. The maximum Gasteiger partial charge on any atom is 0.320 e. The highest BCUT2D eigenvalue weighted by molar-refractivity contribution is 5.84. The number of rotatable bonds is 2. The zero-order valence-electron chi connectivity index (χ0n) is 21.4. The highest BCUT2D eigenvalue weighted by Crippen LogP contribution is 2.35. The van der Waals surface area contributed by atoms with E-state index in [0.717, 1.165) is 42.7 Å². The molecule has 5 heterocycles. The Labute approximate surface area is 212 Å². The average Bonchev–Trinajstić information content (AvgIpc) is 3.27. The first-order valence-corrected chi connectivity index (χ1v) is 13.0. The predicted octanol–water partition coefficient (Wildman–Crippen LogP) is 3.79. The molecule has 36 heavy (non-hydrogen) atoms. The number of hydrogen-bond acceptors (Lipinski definition) is 5. The summed E-state index contributed by atoms with van der Waals surface area (Å²) in [6, 6.07) is 7.02. The van der Waals surface area contributed by atoms with Crippen molar-refractivity contribution in [2.45, 2.75) is 45.4 Å². The molecule has 2 amide bonds. The summed E-state index contributed by atoms with van der Waals surface area (Å²) in [6.07, 6.45) is 4.79. The van der Waals surface area contributed by atoms with Crippen LogP contribution < -0.4 is 5.32 Å². The highest BCUT2D eigenvalue weighted by Gasteiger charge is 2.34. The minimum atomic E-state index is -0.308. The van der Waals surface area contributed by atoms with Crippen LogP contribution in [0, 0.1) is 6.92 Å². The molecule has 6 rings (SSSR count). The van der Waals surface area contributed by atoms with Crippen LogP contribution in [0.4, 0.5) is 4.79 Å². The van der Waals surface area contributed by atoms with Crippen molar-refractivity contribution >= 4 is 17.1 Å². The SMILES string of the molecule is Cc1c[nH]c2ncc(-c3cc4c(c(C5COCCN5)c3)CN(C(=O)N3CCOC(C)(C)C3)CC4)cc12. The number of morpholine rings is 2. The van der Waals surface area contributed by atoms with E-state index in [9.17, 15) is 4.79 Å². The number of aromatic amines is 1. The van der Waals surface area contributed by atoms with Gasteiger partial charge in [0.25, 0.3) is 0 Å². The largest absolute Gasteiger partial charge is 0.378 e. The highest BCUT2D eigenvalue weighted by atomic mass is 16.5. The molecule has 1 atom stereocenters. The zero-order chi connectivity index (χ0) is 24.9. The molecule has 2 saturated heterocycles. The standard InChI is InChI=1S/C28H35N5O3/c1-18-13-30-26-22(18)12-21(14-31-26)20-10-19-4-6-32(27(34)33-7-9-36-28(2,3)17-33)15-24(19)23(11-20)25-16-35-8-5-29-25/h10-14,25,29H,4-9,15-17H2,1-3H3,(H,30,31). The van der Waals surface area contributed by atoms with Gasteiger partial charge >= 0.3 is 6.03 Å². The molecule has 3 aliphatic heterocycles. The molecule has 0 saturated carbocycles. The monoisotopic (exact) mass is 489 g/mol. The van der Waals surface area contributed by atoms with Crippen LogP contribution in [-0.4, -0.2) is 77.4 Å². The Balaban J connectivity index is 1.35. The summed E-state index contributed by atoms with van der Waals surface area (Å²) in [5, 5.41) is 4.79. The Morgan fingerprint density at radius 2 is 2.03 bits per heavy atom. The van der Waals surface area contributed by atoms with Gasteiger partial charge in [-0.15, -0.1) is 0 Å². The Hall–Kier alpha value is -2.94. The summed E-state index contributed by atoms with van der Waals surface area (Å²) < 4.78 is 11.7. The van der Waals surface area contributed by atoms with Gasteiger partial charge in [-0.25, -0.2) is 9.78 Å². The van der Waals surface area contributed by atoms with E-state index in [1.54, 1.807) is 0 Å². The first-order valence-electron chi connectivity index (χ1n) is 13.0. The summed E-state index contributed by atoms with van der Waals surface area (Å²) >= 11 is 0. The number of amides is 2. The summed E-state index contributed by atoms with van der Waals surface area (Å²) in [6.45, 7) is 11.6. The van der Waals surface area contributed by atoms with E-state index in [1.807, 2.05) is 36.0 Å². The Bertz CT molecular complexity index is 1290. The van der Waals surface area contributed by atoms with Crippen molar-refractivity contribution < 1.29 is 14.3 Å². The number of fused-ring (bicyclic) bond motifs is 2. The maximum atomic E-state index is 13.5. The molecule has 0 spiro atoms. The van der Waals surface area contributed by atoms with Gasteiger partial charge in [-0.3, -0.25) is 0 Å². The molecule has 2 fully saturated rings. The molecule has 3 aromatic rings. The van der Waals surface area contributed by atoms with Gasteiger partial charge in [0.1, 0.15) is 5.65 Å². The lowest BCUT2D eigenvalue weighted by atomic mass is 9.87. The molecule has 3 aliphatic rings. The number of hydrogen-bond donors (Lipinski definition) is 2. The van der Waals surface area contributed by atoms with Gasteiger partial charge in [-0.1, -0.05) is 6.07 Å². The molecular weight excluding hydrogens is 454 g/mol. The van der Waals surface area contributed by atoms with Crippen LogP contribution in [0.25, 0.3) is 22.2 Å². The number of H-pyrrole nitrogens is 1. The normalized spacial score (nSPS) is 22.0. The van der Waals surface area contributed by atoms with Crippen molar-refractivity contribution in [1.29, 1.82) is 0 Å². The fourth-order valence-electron chi connectivity index (χ4n) is 5.78. The van der Waals surface area contributed by atoms with E-state index in [4.69, 9.17) is 9.47 Å². The van der Waals surface area contributed by atoms with Crippen LogP contribution in [0.3, 0.4) is 0 Å². The number of aromatic nitrogens is 2. The number of pyridine rings is 1. The fraction of sp³-hybridized carbons (Fsp3) is 0.500. The minimum Gasteiger partial charge on any atom is -0.378 e.